The van der Waals surface area contributed by atoms with Crippen molar-refractivity contribution in [2.24, 2.45) is 7.05 Å². The zero-order chi connectivity index (χ0) is 14.9. The van der Waals surface area contributed by atoms with Gasteiger partial charge in [0.2, 0.25) is 5.16 Å². The van der Waals surface area contributed by atoms with Crippen LogP contribution in [0, 0.1) is 6.92 Å². The molecule has 7 nitrogen and oxygen atoms in total. The number of hydrogen-bond donors (Lipinski definition) is 0. The number of rotatable bonds is 10. The summed E-state index contributed by atoms with van der Waals surface area (Å²) >= 11 is 1.23. The lowest BCUT2D eigenvalue weighted by atomic mass is 10.1. The molecule has 2 aromatic rings. The van der Waals surface area contributed by atoms with Gasteiger partial charge in [-0.2, -0.15) is 0 Å². The van der Waals surface area contributed by atoms with E-state index in [9.17, 15) is 0 Å². The third kappa shape index (κ3) is 5.84. The van der Waals surface area contributed by atoms with Gasteiger partial charge in [0.05, 0.1) is 24.3 Å². The molecule has 0 amide bonds. The molecule has 2 rings (SSSR count). The van der Waals surface area contributed by atoms with Gasteiger partial charge in [0.15, 0.2) is 0 Å². The summed E-state index contributed by atoms with van der Waals surface area (Å²) in [5, 5.41) is 15.7. The van der Waals surface area contributed by atoms with Crippen molar-refractivity contribution in [3.63, 3.8) is 0 Å². The fraction of sp³-hybridized carbons (Fsp3) is 0.692. The molecule has 0 N–H and O–H groups in total. The van der Waals surface area contributed by atoms with Crippen LogP contribution in [0.15, 0.2) is 15.7 Å². The Bertz CT molecular complexity index is 528. The van der Waals surface area contributed by atoms with E-state index in [2.05, 4.69) is 20.7 Å². The second-order valence-corrected chi connectivity index (χ2v) is 5.71. The van der Waals surface area contributed by atoms with Gasteiger partial charge >= 0.3 is 0 Å². The number of tetrazole rings is 1. The number of aromatic nitrogens is 5. The Hall–Kier alpha value is -1.41. The first-order chi connectivity index (χ1) is 10.3. The van der Waals surface area contributed by atoms with E-state index in [0.29, 0.717) is 5.16 Å². The predicted octanol–water partition coefficient (Wildman–Crippen LogP) is 2.72. The van der Waals surface area contributed by atoms with Gasteiger partial charge in [-0.15, -0.1) is 0 Å². The molecule has 0 fully saturated rings. The predicted molar refractivity (Wildman–Crippen MR) is 78.6 cm³/mol. The first-order valence-electron chi connectivity index (χ1n) is 7.20. The van der Waals surface area contributed by atoms with E-state index in [1.807, 2.05) is 13.0 Å². The van der Waals surface area contributed by atoms with Gasteiger partial charge in [0, 0.05) is 19.5 Å². The topological polar surface area (TPSA) is 78.9 Å². The monoisotopic (exact) mass is 311 g/mol. The summed E-state index contributed by atoms with van der Waals surface area (Å²) in [5.74, 6) is 0.990. The Balaban J connectivity index is 1.41. The van der Waals surface area contributed by atoms with Gasteiger partial charge in [-0.05, 0) is 30.2 Å². The molecule has 2 heterocycles. The number of aryl methyl sites for hydroxylation is 3. The van der Waals surface area contributed by atoms with E-state index in [1.165, 1.54) is 31.3 Å². The molecule has 0 aliphatic rings. The molecule has 0 saturated heterocycles. The van der Waals surface area contributed by atoms with Crippen LogP contribution < -0.4 is 0 Å². The van der Waals surface area contributed by atoms with Crippen molar-refractivity contribution in [2.45, 2.75) is 50.6 Å². The fourth-order valence-corrected chi connectivity index (χ4v) is 2.43. The minimum atomic E-state index is 0.678. The van der Waals surface area contributed by atoms with Crippen LogP contribution in [0.3, 0.4) is 0 Å². The molecular formula is C13H21N5O2S. The smallest absolute Gasteiger partial charge is 0.236 e. The second kappa shape index (κ2) is 8.78. The van der Waals surface area contributed by atoms with Crippen molar-refractivity contribution in [1.29, 1.82) is 0 Å². The molecule has 0 aliphatic carbocycles. The fourth-order valence-electron chi connectivity index (χ4n) is 1.91. The summed E-state index contributed by atoms with van der Waals surface area (Å²) < 4.78 is 12.2. The number of nitrogens with zero attached hydrogens (tertiary/aromatic N) is 5. The molecule has 0 spiro atoms. The standard InChI is InChI=1S/C13H21N5O2S/c1-11-10-12(20-15-11)8-6-4-3-5-7-9-19-21-13-14-16-17-18(13)2/h10H,3-9H2,1-2H3. The lowest BCUT2D eigenvalue weighted by Crippen LogP contribution is -1.95. The molecule has 0 radical (unpaired) electrons. The van der Waals surface area contributed by atoms with Gasteiger partial charge in [-0.25, -0.2) is 4.68 Å². The highest BCUT2D eigenvalue weighted by Crippen LogP contribution is 2.15. The molecule has 116 valence electrons. The van der Waals surface area contributed by atoms with Crippen molar-refractivity contribution in [3.05, 3.63) is 17.5 Å². The van der Waals surface area contributed by atoms with Crippen LogP contribution in [-0.4, -0.2) is 32.0 Å². The van der Waals surface area contributed by atoms with Crippen LogP contribution >= 0.6 is 12.0 Å². The maximum Gasteiger partial charge on any atom is 0.236 e. The highest BCUT2D eigenvalue weighted by molar-refractivity contribution is 7.94. The highest BCUT2D eigenvalue weighted by Gasteiger charge is 2.03. The highest BCUT2D eigenvalue weighted by atomic mass is 32.2. The van der Waals surface area contributed by atoms with Crippen molar-refractivity contribution in [2.75, 3.05) is 6.61 Å². The first kappa shape index (κ1) is 16.0. The Labute approximate surface area is 128 Å². The summed E-state index contributed by atoms with van der Waals surface area (Å²) in [6, 6.07) is 2.01. The van der Waals surface area contributed by atoms with E-state index in [-0.39, 0.29) is 0 Å². The second-order valence-electron chi connectivity index (χ2n) is 4.94. The van der Waals surface area contributed by atoms with Crippen LogP contribution in [0.4, 0.5) is 0 Å². The zero-order valence-electron chi connectivity index (χ0n) is 12.5. The van der Waals surface area contributed by atoms with Gasteiger partial charge in [-0.3, -0.25) is 0 Å². The van der Waals surface area contributed by atoms with Crippen LogP contribution in [0.2, 0.25) is 0 Å². The summed E-state index contributed by atoms with van der Waals surface area (Å²) in [6.45, 7) is 2.67. The van der Waals surface area contributed by atoms with Crippen molar-refractivity contribution in [3.8, 4) is 0 Å². The van der Waals surface area contributed by atoms with E-state index < -0.39 is 0 Å². The van der Waals surface area contributed by atoms with E-state index in [4.69, 9.17) is 8.71 Å². The Morgan fingerprint density at radius 2 is 2.05 bits per heavy atom. The SMILES string of the molecule is Cc1cc(CCCCCCCOSc2nnnn2C)on1. The van der Waals surface area contributed by atoms with Crippen molar-refractivity contribution < 1.29 is 8.71 Å². The average molecular weight is 311 g/mol. The summed E-state index contributed by atoms with van der Waals surface area (Å²) in [6.07, 6.45) is 6.78. The van der Waals surface area contributed by atoms with Crippen molar-refractivity contribution >= 4 is 12.0 Å². The quantitative estimate of drug-likeness (QED) is 0.493. The Kier molecular flexibility index (Phi) is 6.68. The van der Waals surface area contributed by atoms with Gasteiger partial charge < -0.3 is 8.71 Å². The van der Waals surface area contributed by atoms with Crippen LogP contribution in [0.1, 0.15) is 43.6 Å². The lowest BCUT2D eigenvalue weighted by Gasteiger charge is -2.02. The van der Waals surface area contributed by atoms with E-state index in [1.54, 1.807) is 11.7 Å². The minimum absolute atomic E-state index is 0.678. The molecule has 0 unspecified atom stereocenters. The molecule has 0 atom stereocenters. The lowest BCUT2D eigenvalue weighted by molar-refractivity contribution is 0.350. The first-order valence-corrected chi connectivity index (χ1v) is 7.94. The Morgan fingerprint density at radius 1 is 1.24 bits per heavy atom. The number of unbranched alkanes of at least 4 members (excludes halogenated alkanes) is 4. The van der Waals surface area contributed by atoms with E-state index >= 15 is 0 Å². The van der Waals surface area contributed by atoms with Crippen molar-refractivity contribution in [1.82, 2.24) is 25.4 Å². The molecule has 8 heteroatoms. The molecule has 0 aromatic carbocycles. The van der Waals surface area contributed by atoms with Gasteiger partial charge in [0.1, 0.15) is 5.76 Å². The van der Waals surface area contributed by atoms with E-state index in [0.717, 1.165) is 37.3 Å². The Morgan fingerprint density at radius 3 is 2.76 bits per heavy atom. The summed E-state index contributed by atoms with van der Waals surface area (Å²) in [4.78, 5) is 0. The van der Waals surface area contributed by atoms with Gasteiger partial charge in [0.25, 0.3) is 0 Å². The third-order valence-electron chi connectivity index (χ3n) is 3.04. The molecule has 0 saturated carbocycles. The summed E-state index contributed by atoms with van der Waals surface area (Å²) in [7, 11) is 1.79. The molecule has 2 aromatic heterocycles. The summed E-state index contributed by atoms with van der Waals surface area (Å²) in [5.41, 5.74) is 0.956. The van der Waals surface area contributed by atoms with Crippen LogP contribution in [0.25, 0.3) is 0 Å². The molecule has 21 heavy (non-hydrogen) atoms. The maximum atomic E-state index is 5.47. The minimum Gasteiger partial charge on any atom is -0.361 e. The molecule has 0 bridgehead atoms. The largest absolute Gasteiger partial charge is 0.361 e. The third-order valence-corrected chi connectivity index (χ3v) is 3.82. The molecular weight excluding hydrogens is 290 g/mol. The maximum absolute atomic E-state index is 5.47. The normalized spacial score (nSPS) is 11.1. The van der Waals surface area contributed by atoms with Crippen LogP contribution in [-0.2, 0) is 17.7 Å². The zero-order valence-corrected chi connectivity index (χ0v) is 13.3. The van der Waals surface area contributed by atoms with Crippen LogP contribution in [0.5, 0.6) is 0 Å². The van der Waals surface area contributed by atoms with Gasteiger partial charge in [-0.1, -0.05) is 29.5 Å². The molecule has 0 aliphatic heterocycles. The average Bonchev–Trinajstić information content (AvgIpc) is 3.06. The number of hydrogen-bond acceptors (Lipinski definition) is 7.